The molecule has 1 aliphatic heterocycles. The summed E-state index contributed by atoms with van der Waals surface area (Å²) in [6, 6.07) is 7.04. The summed E-state index contributed by atoms with van der Waals surface area (Å²) in [6.07, 6.45) is 2.27. The van der Waals surface area contributed by atoms with Gasteiger partial charge in [0.1, 0.15) is 5.82 Å². The van der Waals surface area contributed by atoms with Crippen LogP contribution in [0.4, 0.5) is 4.39 Å². The Morgan fingerprint density at radius 3 is 3.05 bits per heavy atom. The molecule has 0 radical (unpaired) electrons. The summed E-state index contributed by atoms with van der Waals surface area (Å²) in [5.41, 5.74) is 0.652. The van der Waals surface area contributed by atoms with Gasteiger partial charge in [0.2, 0.25) is 0 Å². The zero-order chi connectivity index (χ0) is 13.1. The number of benzene rings is 1. The first-order valence-electron chi connectivity index (χ1n) is 6.36. The number of quaternary nitrogens is 1. The van der Waals surface area contributed by atoms with Gasteiger partial charge in [-0.15, -0.1) is 10.2 Å². The summed E-state index contributed by atoms with van der Waals surface area (Å²) in [5, 5.41) is 10.8. The van der Waals surface area contributed by atoms with Crippen molar-refractivity contribution in [2.45, 2.75) is 29.9 Å². The topological polar surface area (TPSA) is 55.5 Å². The second kappa shape index (κ2) is 5.71. The highest BCUT2D eigenvalue weighted by molar-refractivity contribution is 7.98. The van der Waals surface area contributed by atoms with Crippen molar-refractivity contribution in [2.24, 2.45) is 0 Å². The number of hydrogen-bond acceptors (Lipinski definition) is 4. The maximum Gasteiger partial charge on any atom is 0.277 e. The summed E-state index contributed by atoms with van der Waals surface area (Å²) >= 11 is 1.37. The largest absolute Gasteiger partial charge is 0.410 e. The third-order valence-corrected chi connectivity index (χ3v) is 4.09. The molecule has 1 fully saturated rings. The average molecular weight is 280 g/mol. The molecule has 4 nitrogen and oxygen atoms in total. The molecule has 3 rings (SSSR count). The van der Waals surface area contributed by atoms with E-state index in [-0.39, 0.29) is 5.82 Å². The molecule has 1 atom stereocenters. The summed E-state index contributed by atoms with van der Waals surface area (Å²) in [5.74, 6) is 0.996. The molecule has 1 aromatic heterocycles. The molecule has 0 bridgehead atoms. The Labute approximate surface area is 114 Å². The van der Waals surface area contributed by atoms with Gasteiger partial charge in [0, 0.05) is 18.6 Å². The van der Waals surface area contributed by atoms with E-state index in [0.29, 0.717) is 28.5 Å². The molecular formula is C13H15FN3OS+. The third-order valence-electron chi connectivity index (χ3n) is 3.22. The molecule has 1 aromatic carbocycles. The molecule has 0 unspecified atom stereocenters. The second-order valence-electron chi connectivity index (χ2n) is 4.56. The van der Waals surface area contributed by atoms with Crippen LogP contribution in [0.25, 0.3) is 0 Å². The van der Waals surface area contributed by atoms with E-state index in [1.165, 1.54) is 24.2 Å². The minimum absolute atomic E-state index is 0.195. The second-order valence-corrected chi connectivity index (χ2v) is 5.49. The van der Waals surface area contributed by atoms with Gasteiger partial charge in [-0.1, -0.05) is 30.0 Å². The van der Waals surface area contributed by atoms with Crippen molar-refractivity contribution in [3.8, 4) is 0 Å². The number of hydrogen-bond donors (Lipinski definition) is 1. The van der Waals surface area contributed by atoms with Crippen LogP contribution in [0.5, 0.6) is 0 Å². The number of nitrogens with zero attached hydrogens (tertiary/aromatic N) is 2. The fraction of sp³-hybridized carbons (Fsp3) is 0.385. The minimum Gasteiger partial charge on any atom is -0.410 e. The van der Waals surface area contributed by atoms with Crippen LogP contribution in [0.2, 0.25) is 0 Å². The highest BCUT2D eigenvalue weighted by atomic mass is 32.2. The number of rotatable bonds is 4. The Kier molecular flexibility index (Phi) is 3.79. The smallest absolute Gasteiger partial charge is 0.277 e. The van der Waals surface area contributed by atoms with Gasteiger partial charge in [-0.3, -0.25) is 0 Å². The quantitative estimate of drug-likeness (QED) is 0.869. The summed E-state index contributed by atoms with van der Waals surface area (Å²) in [6.45, 7) is 1.12. The first-order valence-corrected chi connectivity index (χ1v) is 7.34. The zero-order valence-electron chi connectivity index (χ0n) is 10.4. The zero-order valence-corrected chi connectivity index (χ0v) is 11.2. The molecular weight excluding hydrogens is 265 g/mol. The molecule has 6 heteroatoms. The third kappa shape index (κ3) is 2.96. The lowest BCUT2D eigenvalue weighted by Crippen LogP contribution is -2.81. The van der Waals surface area contributed by atoms with Crippen LogP contribution in [-0.2, 0) is 5.75 Å². The van der Waals surface area contributed by atoms with Crippen LogP contribution in [0.1, 0.15) is 30.3 Å². The van der Waals surface area contributed by atoms with Crippen molar-refractivity contribution >= 4 is 11.8 Å². The Morgan fingerprint density at radius 2 is 2.26 bits per heavy atom. The molecule has 2 heterocycles. The monoisotopic (exact) mass is 280 g/mol. The number of thioether (sulfide) groups is 1. The van der Waals surface area contributed by atoms with Crippen molar-refractivity contribution in [1.29, 1.82) is 0 Å². The van der Waals surface area contributed by atoms with Gasteiger partial charge in [0.05, 0.1) is 6.54 Å². The number of halogens is 1. The molecule has 0 spiro atoms. The van der Waals surface area contributed by atoms with Crippen molar-refractivity contribution in [3.63, 3.8) is 0 Å². The summed E-state index contributed by atoms with van der Waals surface area (Å²) < 4.78 is 19.1. The van der Waals surface area contributed by atoms with Crippen molar-refractivity contribution in [2.75, 3.05) is 6.54 Å². The van der Waals surface area contributed by atoms with Crippen LogP contribution in [0.15, 0.2) is 33.9 Å². The number of aromatic nitrogens is 2. The van der Waals surface area contributed by atoms with Crippen LogP contribution in [-0.4, -0.2) is 16.7 Å². The van der Waals surface area contributed by atoms with Gasteiger partial charge < -0.3 is 9.73 Å². The first kappa shape index (κ1) is 12.6. The van der Waals surface area contributed by atoms with E-state index >= 15 is 0 Å². The highest BCUT2D eigenvalue weighted by Gasteiger charge is 2.26. The summed E-state index contributed by atoms with van der Waals surface area (Å²) in [4.78, 5) is 0. The molecule has 1 aliphatic rings. The lowest BCUT2D eigenvalue weighted by Gasteiger charge is -2.00. The highest BCUT2D eigenvalue weighted by Crippen LogP contribution is 2.25. The van der Waals surface area contributed by atoms with E-state index in [1.54, 1.807) is 12.1 Å². The average Bonchev–Trinajstić information content (AvgIpc) is 3.09. The van der Waals surface area contributed by atoms with E-state index in [2.05, 4.69) is 15.5 Å². The van der Waals surface area contributed by atoms with Crippen LogP contribution >= 0.6 is 11.8 Å². The molecule has 100 valence electrons. The van der Waals surface area contributed by atoms with Crippen LogP contribution < -0.4 is 5.32 Å². The summed E-state index contributed by atoms with van der Waals surface area (Å²) in [7, 11) is 0. The Balaban J connectivity index is 1.63. The van der Waals surface area contributed by atoms with Gasteiger partial charge in [0.15, 0.2) is 6.04 Å². The standard InChI is InChI=1S/C13H14FN3OS/c14-10-5-2-1-4-9(10)8-19-13-17-16-12(18-13)11-6-3-7-15-11/h1-2,4-5,11,15H,3,6-8H2/p+1/t11-/m0/s1. The molecule has 1 saturated heterocycles. The van der Waals surface area contributed by atoms with Gasteiger partial charge in [-0.25, -0.2) is 4.39 Å². The van der Waals surface area contributed by atoms with E-state index in [0.717, 1.165) is 13.0 Å². The predicted molar refractivity (Wildman–Crippen MR) is 69.0 cm³/mol. The van der Waals surface area contributed by atoms with Gasteiger partial charge in [-0.05, 0) is 11.6 Å². The molecule has 2 aromatic rings. The van der Waals surface area contributed by atoms with Gasteiger partial charge >= 0.3 is 0 Å². The molecule has 19 heavy (non-hydrogen) atoms. The van der Waals surface area contributed by atoms with Crippen molar-refractivity contribution in [1.82, 2.24) is 10.2 Å². The predicted octanol–water partition coefficient (Wildman–Crippen LogP) is 1.90. The fourth-order valence-electron chi connectivity index (χ4n) is 2.18. The molecule has 2 N–H and O–H groups in total. The Bertz CT molecular complexity index is 554. The van der Waals surface area contributed by atoms with Crippen molar-refractivity contribution < 1.29 is 14.1 Å². The minimum atomic E-state index is -0.195. The lowest BCUT2D eigenvalue weighted by molar-refractivity contribution is -0.678. The normalized spacial score (nSPS) is 18.9. The molecule has 0 amide bonds. The van der Waals surface area contributed by atoms with E-state index in [9.17, 15) is 4.39 Å². The first-order chi connectivity index (χ1) is 9.33. The van der Waals surface area contributed by atoms with Gasteiger partial charge in [0.25, 0.3) is 11.1 Å². The Hall–Kier alpha value is -1.40. The van der Waals surface area contributed by atoms with E-state index in [1.807, 2.05) is 6.07 Å². The van der Waals surface area contributed by atoms with E-state index in [4.69, 9.17) is 4.42 Å². The maximum atomic E-state index is 13.5. The van der Waals surface area contributed by atoms with Crippen molar-refractivity contribution in [3.05, 3.63) is 41.5 Å². The SMILES string of the molecule is Fc1ccccc1CSc1nnc([C@@H]2CCC[NH2+]2)o1. The van der Waals surface area contributed by atoms with Gasteiger partial charge in [-0.2, -0.15) is 0 Å². The Morgan fingerprint density at radius 1 is 1.37 bits per heavy atom. The molecule has 0 saturated carbocycles. The molecule has 0 aliphatic carbocycles. The number of nitrogens with two attached hydrogens (primary N) is 1. The van der Waals surface area contributed by atoms with Crippen LogP contribution in [0.3, 0.4) is 0 Å². The van der Waals surface area contributed by atoms with Crippen LogP contribution in [0, 0.1) is 5.82 Å². The van der Waals surface area contributed by atoms with E-state index < -0.39 is 0 Å². The maximum absolute atomic E-state index is 13.5. The fourth-order valence-corrected chi connectivity index (χ4v) is 2.94. The lowest BCUT2D eigenvalue weighted by atomic mass is 10.2.